The lowest BCUT2D eigenvalue weighted by Crippen LogP contribution is -2.37. The van der Waals surface area contributed by atoms with E-state index >= 15 is 0 Å². The van der Waals surface area contributed by atoms with Crippen LogP contribution in [0.25, 0.3) is 11.6 Å². The molecule has 0 spiro atoms. The number of morpholine rings is 1. The van der Waals surface area contributed by atoms with Crippen LogP contribution in [-0.2, 0) is 4.74 Å². The number of ether oxygens (including phenoxy) is 1. The summed E-state index contributed by atoms with van der Waals surface area (Å²) in [5, 5.41) is 0. The Morgan fingerprint density at radius 3 is 2.76 bits per heavy atom. The fraction of sp³-hybridized carbons (Fsp3) is 0.385. The molecule has 1 aromatic rings. The smallest absolute Gasteiger partial charge is 0.140 e. The maximum atomic E-state index is 5.37. The molecular weight excluding hydrogens is 214 g/mol. The summed E-state index contributed by atoms with van der Waals surface area (Å²) in [6.07, 6.45) is 4.01. The molecule has 17 heavy (non-hydrogen) atoms. The van der Waals surface area contributed by atoms with Crippen molar-refractivity contribution in [1.82, 2.24) is 9.97 Å². The van der Waals surface area contributed by atoms with Crippen LogP contribution in [0.4, 0.5) is 5.82 Å². The molecule has 0 bridgehead atoms. The lowest BCUT2D eigenvalue weighted by Gasteiger charge is -2.29. The molecule has 0 atom stereocenters. The summed E-state index contributed by atoms with van der Waals surface area (Å²) in [5.41, 5.74) is 3.07. The van der Waals surface area contributed by atoms with Gasteiger partial charge in [-0.15, -0.1) is 0 Å². The second kappa shape index (κ2) is 3.96. The highest BCUT2D eigenvalue weighted by Gasteiger charge is 2.22. The number of nitrogens with zero attached hydrogens (tertiary/aromatic N) is 3. The third-order valence-corrected chi connectivity index (χ3v) is 3.10. The monoisotopic (exact) mass is 229 g/mol. The normalized spacial score (nSPS) is 18.6. The van der Waals surface area contributed by atoms with E-state index in [9.17, 15) is 0 Å². The molecule has 1 aromatic heterocycles. The van der Waals surface area contributed by atoms with Crippen molar-refractivity contribution in [3.63, 3.8) is 0 Å². The zero-order valence-corrected chi connectivity index (χ0v) is 9.94. The molecule has 3 rings (SSSR count). The van der Waals surface area contributed by atoms with E-state index in [4.69, 9.17) is 4.74 Å². The van der Waals surface area contributed by atoms with E-state index in [1.54, 1.807) is 0 Å². The van der Waals surface area contributed by atoms with Crippen LogP contribution in [0, 0.1) is 6.92 Å². The Bertz CT molecular complexity index is 502. The average Bonchev–Trinajstić information content (AvgIpc) is 2.71. The molecule has 1 saturated heterocycles. The van der Waals surface area contributed by atoms with E-state index in [0.717, 1.165) is 54.8 Å². The largest absolute Gasteiger partial charge is 0.378 e. The van der Waals surface area contributed by atoms with Gasteiger partial charge in [0.25, 0.3) is 0 Å². The van der Waals surface area contributed by atoms with Crippen LogP contribution in [0.15, 0.2) is 12.7 Å². The van der Waals surface area contributed by atoms with Crippen LogP contribution in [0.1, 0.15) is 17.1 Å². The topological polar surface area (TPSA) is 38.2 Å². The van der Waals surface area contributed by atoms with Crippen molar-refractivity contribution in [2.45, 2.75) is 6.92 Å². The van der Waals surface area contributed by atoms with Gasteiger partial charge in [0.1, 0.15) is 11.6 Å². The van der Waals surface area contributed by atoms with E-state index in [0.29, 0.717) is 0 Å². The van der Waals surface area contributed by atoms with Gasteiger partial charge in [0.05, 0.1) is 18.9 Å². The fourth-order valence-corrected chi connectivity index (χ4v) is 2.27. The molecule has 4 heteroatoms. The lowest BCUT2D eigenvalue weighted by molar-refractivity contribution is 0.122. The summed E-state index contributed by atoms with van der Waals surface area (Å²) in [7, 11) is 0. The van der Waals surface area contributed by atoms with Gasteiger partial charge in [-0.05, 0) is 18.6 Å². The Balaban J connectivity index is 2.07. The number of hydrogen-bond acceptors (Lipinski definition) is 4. The number of allylic oxidation sites excluding steroid dienone is 2. The second-order valence-corrected chi connectivity index (χ2v) is 4.31. The minimum Gasteiger partial charge on any atom is -0.378 e. The van der Waals surface area contributed by atoms with Crippen LogP contribution < -0.4 is 4.90 Å². The molecular formula is C13H15N3O. The van der Waals surface area contributed by atoms with Gasteiger partial charge in [-0.1, -0.05) is 12.7 Å². The number of aromatic nitrogens is 2. The van der Waals surface area contributed by atoms with Crippen molar-refractivity contribution in [1.29, 1.82) is 0 Å². The van der Waals surface area contributed by atoms with E-state index in [2.05, 4.69) is 21.4 Å². The van der Waals surface area contributed by atoms with Gasteiger partial charge in [0, 0.05) is 18.7 Å². The SMILES string of the molecule is C=C1C=Cc2nc(C)nc(N3CCOCC3)c21. The maximum Gasteiger partial charge on any atom is 0.140 e. The zero-order chi connectivity index (χ0) is 11.8. The maximum absolute atomic E-state index is 5.37. The number of aryl methyl sites for hydroxylation is 1. The molecule has 0 amide bonds. The highest BCUT2D eigenvalue weighted by atomic mass is 16.5. The van der Waals surface area contributed by atoms with Crippen molar-refractivity contribution in [2.24, 2.45) is 0 Å². The molecule has 0 radical (unpaired) electrons. The molecule has 0 aromatic carbocycles. The van der Waals surface area contributed by atoms with Crippen molar-refractivity contribution >= 4 is 17.5 Å². The van der Waals surface area contributed by atoms with Crippen LogP contribution in [-0.4, -0.2) is 36.3 Å². The summed E-state index contributed by atoms with van der Waals surface area (Å²) < 4.78 is 5.37. The van der Waals surface area contributed by atoms with Gasteiger partial charge in [-0.25, -0.2) is 9.97 Å². The van der Waals surface area contributed by atoms with Crippen LogP contribution in [0.5, 0.6) is 0 Å². The number of anilines is 1. The standard InChI is InChI=1S/C13H15N3O/c1-9-3-4-11-12(9)13(15-10(2)14-11)16-5-7-17-8-6-16/h3-4H,1,5-8H2,2H3. The van der Waals surface area contributed by atoms with E-state index in [1.807, 2.05) is 19.1 Å². The average molecular weight is 229 g/mol. The fourth-order valence-electron chi connectivity index (χ4n) is 2.27. The minimum atomic E-state index is 0.762. The Hall–Kier alpha value is -1.68. The molecule has 88 valence electrons. The van der Waals surface area contributed by atoms with E-state index in [-0.39, 0.29) is 0 Å². The van der Waals surface area contributed by atoms with Gasteiger partial charge in [0.15, 0.2) is 0 Å². The Kier molecular flexibility index (Phi) is 2.44. The van der Waals surface area contributed by atoms with Crippen molar-refractivity contribution in [3.05, 3.63) is 29.7 Å². The summed E-state index contributed by atoms with van der Waals surface area (Å²) in [6, 6.07) is 0. The summed E-state index contributed by atoms with van der Waals surface area (Å²) >= 11 is 0. The lowest BCUT2D eigenvalue weighted by atomic mass is 10.1. The predicted octanol–water partition coefficient (Wildman–Crippen LogP) is 1.66. The zero-order valence-electron chi connectivity index (χ0n) is 9.94. The first-order chi connectivity index (χ1) is 8.25. The molecule has 4 nitrogen and oxygen atoms in total. The van der Waals surface area contributed by atoms with Gasteiger partial charge in [-0.2, -0.15) is 0 Å². The third kappa shape index (κ3) is 1.74. The van der Waals surface area contributed by atoms with Crippen LogP contribution in [0.2, 0.25) is 0 Å². The van der Waals surface area contributed by atoms with Gasteiger partial charge < -0.3 is 9.64 Å². The van der Waals surface area contributed by atoms with E-state index < -0.39 is 0 Å². The molecule has 2 heterocycles. The second-order valence-electron chi connectivity index (χ2n) is 4.31. The summed E-state index contributed by atoms with van der Waals surface area (Å²) in [5.74, 6) is 1.82. The van der Waals surface area contributed by atoms with Gasteiger partial charge >= 0.3 is 0 Å². The molecule has 1 fully saturated rings. The quantitative estimate of drug-likeness (QED) is 0.734. The highest BCUT2D eigenvalue weighted by molar-refractivity contribution is 5.92. The summed E-state index contributed by atoms with van der Waals surface area (Å²) in [4.78, 5) is 11.3. The third-order valence-electron chi connectivity index (χ3n) is 3.10. The molecule has 1 aliphatic heterocycles. The molecule has 0 N–H and O–H groups in total. The number of hydrogen-bond donors (Lipinski definition) is 0. The molecule has 0 saturated carbocycles. The van der Waals surface area contributed by atoms with Gasteiger partial charge in [0.2, 0.25) is 0 Å². The van der Waals surface area contributed by atoms with Crippen molar-refractivity contribution in [2.75, 3.05) is 31.2 Å². The number of fused-ring (bicyclic) bond motifs is 1. The first-order valence-corrected chi connectivity index (χ1v) is 5.84. The van der Waals surface area contributed by atoms with Crippen molar-refractivity contribution < 1.29 is 4.74 Å². The van der Waals surface area contributed by atoms with Gasteiger partial charge in [-0.3, -0.25) is 0 Å². The predicted molar refractivity (Wildman–Crippen MR) is 67.9 cm³/mol. The first-order valence-electron chi connectivity index (χ1n) is 5.84. The Morgan fingerprint density at radius 1 is 1.24 bits per heavy atom. The highest BCUT2D eigenvalue weighted by Crippen LogP contribution is 2.33. The Morgan fingerprint density at radius 2 is 2.00 bits per heavy atom. The molecule has 2 aliphatic rings. The first kappa shape index (κ1) is 10.5. The van der Waals surface area contributed by atoms with Crippen LogP contribution >= 0.6 is 0 Å². The summed E-state index contributed by atoms with van der Waals surface area (Å²) in [6.45, 7) is 9.28. The Labute approximate surface area is 101 Å². The van der Waals surface area contributed by atoms with Crippen LogP contribution in [0.3, 0.4) is 0 Å². The number of rotatable bonds is 1. The minimum absolute atomic E-state index is 0.762. The van der Waals surface area contributed by atoms with E-state index in [1.165, 1.54) is 0 Å². The molecule has 1 aliphatic carbocycles. The molecule has 0 unspecified atom stereocenters. The van der Waals surface area contributed by atoms with Crippen molar-refractivity contribution in [3.8, 4) is 0 Å².